The lowest BCUT2D eigenvalue weighted by Crippen LogP contribution is -2.41. The zero-order chi connectivity index (χ0) is 17.8. The van der Waals surface area contributed by atoms with E-state index in [1.165, 1.54) is 44.3 Å². The van der Waals surface area contributed by atoms with Crippen LogP contribution in [-0.4, -0.2) is 42.5 Å². The fourth-order valence-corrected chi connectivity index (χ4v) is 5.21. The van der Waals surface area contributed by atoms with Gasteiger partial charge in [-0.25, -0.2) is 4.98 Å². The highest BCUT2D eigenvalue weighted by molar-refractivity contribution is 7.13. The molecule has 0 bridgehead atoms. The molecule has 2 atom stereocenters. The van der Waals surface area contributed by atoms with Crippen molar-refractivity contribution in [2.24, 2.45) is 16.8 Å². The Balaban J connectivity index is 1.29. The van der Waals surface area contributed by atoms with Crippen LogP contribution < -0.4 is 5.32 Å². The number of hydrogen-bond acceptors (Lipinski definition) is 3. The molecule has 1 N–H and O–H groups in total. The summed E-state index contributed by atoms with van der Waals surface area (Å²) >= 11 is 1.73. The molecule has 0 spiro atoms. The summed E-state index contributed by atoms with van der Waals surface area (Å²) in [6.45, 7) is 3.24. The first-order valence-electron chi connectivity index (χ1n) is 9.79. The van der Waals surface area contributed by atoms with E-state index in [4.69, 9.17) is 4.98 Å². The average Bonchev–Trinajstić information content (AvgIpc) is 3.33. The van der Waals surface area contributed by atoms with E-state index in [2.05, 4.69) is 44.9 Å². The molecular formula is C21H28N4S. The Morgan fingerprint density at radius 2 is 1.92 bits per heavy atom. The van der Waals surface area contributed by atoms with Crippen LogP contribution in [0, 0.1) is 11.8 Å². The number of nitrogens with one attached hydrogen (secondary N) is 1. The molecule has 1 saturated carbocycles. The number of guanidine groups is 1. The van der Waals surface area contributed by atoms with Crippen LogP contribution in [0.1, 0.15) is 31.4 Å². The van der Waals surface area contributed by atoms with Gasteiger partial charge >= 0.3 is 0 Å². The molecule has 2 aliphatic rings. The fraction of sp³-hybridized carbons (Fsp3) is 0.524. The second-order valence-corrected chi connectivity index (χ2v) is 8.30. The molecule has 2 heterocycles. The predicted molar refractivity (Wildman–Crippen MR) is 110 cm³/mol. The van der Waals surface area contributed by atoms with Crippen LogP contribution in [0.25, 0.3) is 10.6 Å². The van der Waals surface area contributed by atoms with Crippen molar-refractivity contribution in [1.29, 1.82) is 0 Å². The Hall–Kier alpha value is -1.88. The molecule has 4 rings (SSSR count). The zero-order valence-electron chi connectivity index (χ0n) is 15.5. The van der Waals surface area contributed by atoms with Gasteiger partial charge in [-0.1, -0.05) is 43.2 Å². The number of benzene rings is 1. The van der Waals surface area contributed by atoms with E-state index < -0.39 is 0 Å². The van der Waals surface area contributed by atoms with Crippen molar-refractivity contribution in [3.63, 3.8) is 0 Å². The summed E-state index contributed by atoms with van der Waals surface area (Å²) in [7, 11) is 1.90. The second kappa shape index (κ2) is 8.21. The molecule has 4 nitrogen and oxygen atoms in total. The maximum absolute atomic E-state index is 4.78. The smallest absolute Gasteiger partial charge is 0.193 e. The predicted octanol–water partition coefficient (Wildman–Crippen LogP) is 4.05. The number of thiazole rings is 1. The zero-order valence-corrected chi connectivity index (χ0v) is 16.3. The maximum atomic E-state index is 4.78. The molecule has 1 saturated heterocycles. The van der Waals surface area contributed by atoms with E-state index in [0.717, 1.165) is 41.5 Å². The molecule has 0 radical (unpaired) electrons. The van der Waals surface area contributed by atoms with Gasteiger partial charge in [0.05, 0.1) is 5.69 Å². The van der Waals surface area contributed by atoms with Crippen molar-refractivity contribution in [3.8, 4) is 10.6 Å². The summed E-state index contributed by atoms with van der Waals surface area (Å²) in [4.78, 5) is 11.8. The molecule has 1 aromatic heterocycles. The number of nitrogens with zero attached hydrogens (tertiary/aromatic N) is 3. The molecule has 138 valence electrons. The van der Waals surface area contributed by atoms with Crippen molar-refractivity contribution >= 4 is 17.3 Å². The van der Waals surface area contributed by atoms with Crippen LogP contribution >= 0.6 is 11.3 Å². The van der Waals surface area contributed by atoms with E-state index in [0.29, 0.717) is 0 Å². The van der Waals surface area contributed by atoms with E-state index in [1.807, 2.05) is 13.1 Å². The van der Waals surface area contributed by atoms with Crippen LogP contribution in [-0.2, 0) is 6.42 Å². The van der Waals surface area contributed by atoms with E-state index in [9.17, 15) is 0 Å². The summed E-state index contributed by atoms with van der Waals surface area (Å²) < 4.78 is 0. The topological polar surface area (TPSA) is 40.5 Å². The number of aromatic nitrogens is 1. The van der Waals surface area contributed by atoms with Crippen molar-refractivity contribution in [2.75, 3.05) is 26.7 Å². The van der Waals surface area contributed by atoms with Crippen molar-refractivity contribution in [2.45, 2.75) is 32.1 Å². The minimum absolute atomic E-state index is 0.884. The molecule has 2 unspecified atom stereocenters. The standard InChI is InChI=1S/C21H28N4S/c1-22-21(25-13-17-9-5-6-10-18(17)14-25)23-12-11-19-15-26-20(24-19)16-7-3-2-4-8-16/h2-4,7-8,15,17-18H,5-6,9-14H2,1H3,(H,22,23). The Morgan fingerprint density at radius 1 is 1.19 bits per heavy atom. The molecule has 2 fully saturated rings. The molecule has 26 heavy (non-hydrogen) atoms. The Kier molecular flexibility index (Phi) is 5.54. The highest BCUT2D eigenvalue weighted by Gasteiger charge is 2.35. The number of fused-ring (bicyclic) bond motifs is 1. The summed E-state index contributed by atoms with van der Waals surface area (Å²) in [6.07, 6.45) is 6.56. The SMILES string of the molecule is CN=C(NCCc1csc(-c2ccccc2)n1)N1CC2CCCCC2C1. The Morgan fingerprint density at radius 3 is 2.62 bits per heavy atom. The van der Waals surface area contributed by atoms with Gasteiger partial charge in [-0.2, -0.15) is 0 Å². The van der Waals surface area contributed by atoms with Crippen LogP contribution in [0.5, 0.6) is 0 Å². The first kappa shape index (κ1) is 17.5. The molecule has 0 amide bonds. The summed E-state index contributed by atoms with van der Waals surface area (Å²) in [6, 6.07) is 10.4. The summed E-state index contributed by atoms with van der Waals surface area (Å²) in [5, 5.41) is 6.84. The minimum atomic E-state index is 0.884. The first-order chi connectivity index (χ1) is 12.8. The van der Waals surface area contributed by atoms with Crippen LogP contribution in [0.2, 0.25) is 0 Å². The van der Waals surface area contributed by atoms with E-state index in [-0.39, 0.29) is 0 Å². The third-order valence-electron chi connectivity index (χ3n) is 5.72. The number of rotatable bonds is 4. The van der Waals surface area contributed by atoms with Gasteiger partial charge in [0.2, 0.25) is 0 Å². The van der Waals surface area contributed by atoms with Crippen molar-refractivity contribution in [1.82, 2.24) is 15.2 Å². The van der Waals surface area contributed by atoms with Crippen molar-refractivity contribution < 1.29 is 0 Å². The lowest BCUT2D eigenvalue weighted by Gasteiger charge is -2.22. The monoisotopic (exact) mass is 368 g/mol. The lowest BCUT2D eigenvalue weighted by atomic mass is 9.82. The lowest BCUT2D eigenvalue weighted by molar-refractivity contribution is 0.299. The fourth-order valence-electron chi connectivity index (χ4n) is 4.35. The molecule has 1 aliphatic heterocycles. The van der Waals surface area contributed by atoms with Gasteiger partial charge in [-0.3, -0.25) is 4.99 Å². The first-order valence-corrected chi connectivity index (χ1v) is 10.7. The molecule has 5 heteroatoms. The average molecular weight is 369 g/mol. The second-order valence-electron chi connectivity index (χ2n) is 7.44. The largest absolute Gasteiger partial charge is 0.356 e. The third-order valence-corrected chi connectivity index (χ3v) is 6.66. The number of hydrogen-bond donors (Lipinski definition) is 1. The van der Waals surface area contributed by atoms with Crippen LogP contribution in [0.4, 0.5) is 0 Å². The number of aliphatic imine (C=N–C) groups is 1. The summed E-state index contributed by atoms with van der Waals surface area (Å²) in [5.74, 6) is 2.83. The van der Waals surface area contributed by atoms with Crippen LogP contribution in [0.3, 0.4) is 0 Å². The highest BCUT2D eigenvalue weighted by Crippen LogP contribution is 2.35. The van der Waals surface area contributed by atoms with Gasteiger partial charge in [0, 0.05) is 44.0 Å². The molecule has 2 aromatic rings. The quantitative estimate of drug-likeness (QED) is 0.654. The maximum Gasteiger partial charge on any atom is 0.193 e. The molecular weight excluding hydrogens is 340 g/mol. The highest BCUT2D eigenvalue weighted by atomic mass is 32.1. The molecule has 1 aromatic carbocycles. The van der Waals surface area contributed by atoms with Gasteiger partial charge in [0.1, 0.15) is 5.01 Å². The Bertz CT molecular complexity index is 725. The third kappa shape index (κ3) is 3.93. The van der Waals surface area contributed by atoms with Crippen LogP contribution in [0.15, 0.2) is 40.7 Å². The van der Waals surface area contributed by atoms with Crippen molar-refractivity contribution in [3.05, 3.63) is 41.4 Å². The van der Waals surface area contributed by atoms with Gasteiger partial charge in [0.15, 0.2) is 5.96 Å². The van der Waals surface area contributed by atoms with Gasteiger partial charge in [-0.15, -0.1) is 11.3 Å². The number of likely N-dealkylation sites (tertiary alicyclic amines) is 1. The van der Waals surface area contributed by atoms with E-state index in [1.54, 1.807) is 11.3 Å². The van der Waals surface area contributed by atoms with E-state index >= 15 is 0 Å². The molecule has 1 aliphatic carbocycles. The normalized spacial score (nSPS) is 23.1. The minimum Gasteiger partial charge on any atom is -0.356 e. The van der Waals surface area contributed by atoms with Gasteiger partial charge in [0.25, 0.3) is 0 Å². The summed E-state index contributed by atoms with van der Waals surface area (Å²) in [5.41, 5.74) is 2.36. The Labute approximate surface area is 160 Å². The van der Waals surface area contributed by atoms with Gasteiger partial charge < -0.3 is 10.2 Å². The van der Waals surface area contributed by atoms with Gasteiger partial charge in [-0.05, 0) is 24.7 Å².